The zero-order chi connectivity index (χ0) is 18.7. The lowest BCUT2D eigenvalue weighted by Crippen LogP contribution is -2.58. The minimum Gasteiger partial charge on any atom is -0.493 e. The van der Waals surface area contributed by atoms with E-state index in [1.807, 2.05) is 6.92 Å². The first-order valence-electron chi connectivity index (χ1n) is 9.08. The summed E-state index contributed by atoms with van der Waals surface area (Å²) in [6, 6.07) is 2.36. The summed E-state index contributed by atoms with van der Waals surface area (Å²) < 4.78 is 35.1. The molecule has 0 atom stereocenters. The van der Waals surface area contributed by atoms with Crippen LogP contribution in [0.5, 0.6) is 5.75 Å². The minimum absolute atomic E-state index is 0.0426. The number of unbranched alkanes of at least 4 members (excludes halogenated alkanes) is 1. The fourth-order valence-corrected chi connectivity index (χ4v) is 3.62. The second-order valence-corrected chi connectivity index (χ2v) is 6.76. The maximum atomic E-state index is 14.9. The Balaban J connectivity index is 1.99. The van der Waals surface area contributed by atoms with Crippen molar-refractivity contribution in [3.05, 3.63) is 23.8 Å². The first-order chi connectivity index (χ1) is 12.5. The van der Waals surface area contributed by atoms with Crippen molar-refractivity contribution in [2.45, 2.75) is 57.5 Å². The van der Waals surface area contributed by atoms with Crippen LogP contribution < -0.4 is 21.1 Å². The van der Waals surface area contributed by atoms with E-state index in [-0.39, 0.29) is 23.4 Å². The fourth-order valence-electron chi connectivity index (χ4n) is 3.62. The molecule has 26 heavy (non-hydrogen) atoms. The number of hydrogen-bond donors (Lipinski definition) is 2. The predicted octanol–water partition coefficient (Wildman–Crippen LogP) is 3.25. The molecule has 0 bridgehead atoms. The molecule has 142 valence electrons. The van der Waals surface area contributed by atoms with E-state index in [0.717, 1.165) is 32.1 Å². The number of ether oxygens (including phenoxy) is 1. The van der Waals surface area contributed by atoms with Crippen molar-refractivity contribution in [3.8, 4) is 5.75 Å². The molecule has 1 fully saturated rings. The van der Waals surface area contributed by atoms with E-state index in [4.69, 9.17) is 16.2 Å². The van der Waals surface area contributed by atoms with Gasteiger partial charge in [0.05, 0.1) is 6.61 Å². The fraction of sp³-hybridized carbons (Fsp3) is 0.556. The quantitative estimate of drug-likeness (QED) is 0.784. The first-order valence-corrected chi connectivity index (χ1v) is 9.08. The molecular weight excluding hydrogens is 340 g/mol. The Kier molecular flexibility index (Phi) is 5.29. The molecule has 0 aromatic heterocycles. The minimum atomic E-state index is -0.888. The van der Waals surface area contributed by atoms with E-state index < -0.39 is 17.3 Å². The first kappa shape index (κ1) is 18.4. The molecule has 1 spiro atoms. The van der Waals surface area contributed by atoms with Gasteiger partial charge in [-0.1, -0.05) is 19.8 Å². The van der Waals surface area contributed by atoms with E-state index in [9.17, 15) is 8.78 Å². The molecule has 0 unspecified atom stereocenters. The number of benzene rings is 1. The van der Waals surface area contributed by atoms with E-state index in [2.05, 4.69) is 9.98 Å². The van der Waals surface area contributed by atoms with Crippen molar-refractivity contribution < 1.29 is 13.5 Å². The van der Waals surface area contributed by atoms with E-state index >= 15 is 0 Å². The molecule has 1 saturated carbocycles. The largest absolute Gasteiger partial charge is 0.493 e. The summed E-state index contributed by atoms with van der Waals surface area (Å²) in [5.41, 5.74) is 10.7. The van der Waals surface area contributed by atoms with Gasteiger partial charge in [0.1, 0.15) is 17.1 Å². The van der Waals surface area contributed by atoms with Crippen molar-refractivity contribution in [1.29, 1.82) is 0 Å². The van der Waals surface area contributed by atoms with Crippen LogP contribution in [-0.2, 0) is 0 Å². The molecule has 2 aliphatic rings. The third kappa shape index (κ3) is 3.45. The molecule has 1 aromatic rings. The van der Waals surface area contributed by atoms with Crippen LogP contribution in [0, 0.1) is 11.6 Å². The van der Waals surface area contributed by atoms with E-state index in [1.54, 1.807) is 0 Å². The maximum Gasteiger partial charge on any atom is 0.220 e. The Labute approximate surface area is 151 Å². The van der Waals surface area contributed by atoms with Gasteiger partial charge in [-0.2, -0.15) is 4.99 Å². The van der Waals surface area contributed by atoms with Crippen LogP contribution in [0.1, 0.15) is 51.9 Å². The number of nitrogens with zero attached hydrogens (tertiary/aromatic N) is 3. The average molecular weight is 365 g/mol. The molecule has 3 rings (SSSR count). The number of guanidine groups is 2. The average Bonchev–Trinajstić information content (AvgIpc) is 2.57. The molecule has 1 heterocycles. The maximum absolute atomic E-state index is 14.9. The number of rotatable bonds is 5. The lowest BCUT2D eigenvalue weighted by atomic mass is 9.87. The van der Waals surface area contributed by atoms with Crippen LogP contribution >= 0.6 is 0 Å². The van der Waals surface area contributed by atoms with Gasteiger partial charge in [-0.15, -0.1) is 0 Å². The van der Waals surface area contributed by atoms with Crippen molar-refractivity contribution in [1.82, 2.24) is 0 Å². The summed E-state index contributed by atoms with van der Waals surface area (Å²) in [5, 5.41) is 0. The normalized spacial score (nSPS) is 19.3. The highest BCUT2D eigenvalue weighted by Gasteiger charge is 2.44. The summed E-state index contributed by atoms with van der Waals surface area (Å²) >= 11 is 0. The number of anilines is 1. The Morgan fingerprint density at radius 3 is 2.42 bits per heavy atom. The van der Waals surface area contributed by atoms with Gasteiger partial charge in [0, 0.05) is 12.1 Å². The molecule has 0 radical (unpaired) electrons. The SMILES string of the molecule is CCCCOc1cc(F)c(N2C(N)=NC(N)=NC23CCCCC3)c(F)c1. The van der Waals surface area contributed by atoms with Crippen molar-refractivity contribution in [2.75, 3.05) is 11.5 Å². The molecule has 8 heteroatoms. The van der Waals surface area contributed by atoms with E-state index in [0.29, 0.717) is 19.4 Å². The lowest BCUT2D eigenvalue weighted by Gasteiger charge is -2.45. The van der Waals surface area contributed by atoms with Gasteiger partial charge in [0.2, 0.25) is 11.9 Å². The summed E-state index contributed by atoms with van der Waals surface area (Å²) in [4.78, 5) is 9.74. The van der Waals surface area contributed by atoms with Crippen LogP contribution in [0.3, 0.4) is 0 Å². The number of aliphatic imine (C=N–C) groups is 2. The Morgan fingerprint density at radius 2 is 1.81 bits per heavy atom. The van der Waals surface area contributed by atoms with Gasteiger partial charge in [-0.3, -0.25) is 4.90 Å². The third-order valence-electron chi connectivity index (χ3n) is 4.83. The second-order valence-electron chi connectivity index (χ2n) is 6.76. The summed E-state index contributed by atoms with van der Waals surface area (Å²) in [7, 11) is 0. The molecule has 1 aliphatic carbocycles. The lowest BCUT2D eigenvalue weighted by molar-refractivity contribution is 0.297. The summed E-state index contributed by atoms with van der Waals surface area (Å²) in [6.45, 7) is 2.43. The van der Waals surface area contributed by atoms with E-state index in [1.165, 1.54) is 17.0 Å². The van der Waals surface area contributed by atoms with Crippen LogP contribution in [-0.4, -0.2) is 24.2 Å². The smallest absolute Gasteiger partial charge is 0.220 e. The predicted molar refractivity (Wildman–Crippen MR) is 98.3 cm³/mol. The standard InChI is InChI=1S/C18H25F2N5O/c1-2-3-9-26-12-10-13(19)15(14(20)11-12)25-17(22)23-16(21)24-18(25)7-5-4-6-8-18/h10-11H,2-9H2,1H3,(H4,21,22,23,24). The third-order valence-corrected chi connectivity index (χ3v) is 4.83. The second kappa shape index (κ2) is 7.47. The molecule has 0 amide bonds. The number of halogens is 2. The molecule has 4 N–H and O–H groups in total. The molecule has 0 saturated heterocycles. The molecule has 1 aromatic carbocycles. The topological polar surface area (TPSA) is 89.2 Å². The Hall–Kier alpha value is -2.38. The summed E-state index contributed by atoms with van der Waals surface area (Å²) in [6.07, 6.45) is 5.76. The summed E-state index contributed by atoms with van der Waals surface area (Å²) in [5.74, 6) is -1.35. The highest BCUT2D eigenvalue weighted by molar-refractivity contribution is 6.05. The molecule has 6 nitrogen and oxygen atoms in total. The van der Waals surface area contributed by atoms with Crippen LogP contribution in [0.4, 0.5) is 14.5 Å². The van der Waals surface area contributed by atoms with Crippen LogP contribution in [0.15, 0.2) is 22.1 Å². The Morgan fingerprint density at radius 1 is 1.15 bits per heavy atom. The molecular formula is C18H25F2N5O. The van der Waals surface area contributed by atoms with Crippen molar-refractivity contribution in [2.24, 2.45) is 21.5 Å². The highest BCUT2D eigenvalue weighted by Crippen LogP contribution is 2.42. The van der Waals surface area contributed by atoms with Gasteiger partial charge in [0.15, 0.2) is 11.6 Å². The van der Waals surface area contributed by atoms with Gasteiger partial charge in [-0.05, 0) is 32.1 Å². The monoisotopic (exact) mass is 365 g/mol. The number of nitrogens with two attached hydrogens (primary N) is 2. The van der Waals surface area contributed by atoms with Gasteiger partial charge in [0.25, 0.3) is 0 Å². The van der Waals surface area contributed by atoms with Crippen LogP contribution in [0.2, 0.25) is 0 Å². The van der Waals surface area contributed by atoms with Gasteiger partial charge in [-0.25, -0.2) is 13.8 Å². The zero-order valence-corrected chi connectivity index (χ0v) is 15.0. The van der Waals surface area contributed by atoms with Gasteiger partial charge < -0.3 is 16.2 Å². The van der Waals surface area contributed by atoms with Crippen molar-refractivity contribution >= 4 is 17.6 Å². The van der Waals surface area contributed by atoms with Crippen LogP contribution in [0.25, 0.3) is 0 Å². The van der Waals surface area contributed by atoms with Crippen molar-refractivity contribution in [3.63, 3.8) is 0 Å². The van der Waals surface area contributed by atoms with Gasteiger partial charge >= 0.3 is 0 Å². The number of hydrogen-bond acceptors (Lipinski definition) is 6. The zero-order valence-electron chi connectivity index (χ0n) is 15.0. The highest BCUT2D eigenvalue weighted by atomic mass is 19.1. The Bertz CT molecular complexity index is 705. The molecule has 1 aliphatic heterocycles.